The first kappa shape index (κ1) is 14.6. The van der Waals surface area contributed by atoms with E-state index >= 15 is 0 Å². The fourth-order valence-electron chi connectivity index (χ4n) is 1.72. The Labute approximate surface area is 108 Å². The molecule has 0 heterocycles. The van der Waals surface area contributed by atoms with Gasteiger partial charge in [-0.3, -0.25) is 4.79 Å². The summed E-state index contributed by atoms with van der Waals surface area (Å²) in [4.78, 5) is 11.8. The van der Waals surface area contributed by atoms with Crippen molar-refractivity contribution in [3.63, 3.8) is 0 Å². The van der Waals surface area contributed by atoms with Crippen LogP contribution in [0, 0.1) is 11.2 Å². The zero-order valence-electron chi connectivity index (χ0n) is 11.0. The van der Waals surface area contributed by atoms with Crippen LogP contribution in [0.1, 0.15) is 37.0 Å². The molecular weight excluding hydrogens is 231 g/mol. The number of halogens is 1. The van der Waals surface area contributed by atoms with E-state index in [9.17, 15) is 9.18 Å². The molecule has 3 N–H and O–H groups in total. The molecule has 100 valence electrons. The van der Waals surface area contributed by atoms with Gasteiger partial charge < -0.3 is 11.1 Å². The van der Waals surface area contributed by atoms with Gasteiger partial charge in [0.25, 0.3) is 5.91 Å². The number of carbonyl (C=O) groups excluding carboxylic acids is 1. The molecule has 3 nitrogen and oxygen atoms in total. The van der Waals surface area contributed by atoms with Gasteiger partial charge in [0.15, 0.2) is 0 Å². The second kappa shape index (κ2) is 6.50. The lowest BCUT2D eigenvalue weighted by atomic mass is 9.87. The fraction of sp³-hybridized carbons (Fsp3) is 0.500. The highest BCUT2D eigenvalue weighted by Gasteiger charge is 2.18. The number of amides is 1. The number of rotatable bonds is 6. The average molecular weight is 252 g/mol. The zero-order valence-corrected chi connectivity index (χ0v) is 11.0. The highest BCUT2D eigenvalue weighted by atomic mass is 19.1. The van der Waals surface area contributed by atoms with E-state index in [1.807, 2.05) is 0 Å². The van der Waals surface area contributed by atoms with E-state index < -0.39 is 5.82 Å². The quantitative estimate of drug-likeness (QED) is 0.816. The molecule has 0 spiro atoms. The van der Waals surface area contributed by atoms with Gasteiger partial charge in [0.2, 0.25) is 0 Å². The van der Waals surface area contributed by atoms with Crippen molar-refractivity contribution in [3.8, 4) is 0 Å². The van der Waals surface area contributed by atoms with Crippen LogP contribution in [-0.2, 0) is 0 Å². The monoisotopic (exact) mass is 252 g/mol. The third kappa shape index (κ3) is 4.84. The molecule has 0 radical (unpaired) electrons. The lowest BCUT2D eigenvalue weighted by molar-refractivity contribution is 0.0934. The van der Waals surface area contributed by atoms with E-state index in [0.29, 0.717) is 18.7 Å². The van der Waals surface area contributed by atoms with E-state index in [4.69, 9.17) is 5.73 Å². The number of hydrogen-bond acceptors (Lipinski definition) is 2. The van der Waals surface area contributed by atoms with E-state index in [0.717, 1.165) is 12.8 Å². The number of nitrogens with two attached hydrogens (primary N) is 1. The lowest BCUT2D eigenvalue weighted by Gasteiger charge is -2.24. The smallest absolute Gasteiger partial charge is 0.251 e. The van der Waals surface area contributed by atoms with Crippen molar-refractivity contribution in [3.05, 3.63) is 35.6 Å². The van der Waals surface area contributed by atoms with E-state index in [1.165, 1.54) is 18.2 Å². The van der Waals surface area contributed by atoms with Crippen molar-refractivity contribution in [2.45, 2.75) is 26.7 Å². The number of hydrogen-bond donors (Lipinski definition) is 2. The summed E-state index contributed by atoms with van der Waals surface area (Å²) in [5.41, 5.74) is 5.82. The second-order valence-corrected chi connectivity index (χ2v) is 5.25. The zero-order chi connectivity index (χ0) is 13.6. The van der Waals surface area contributed by atoms with Crippen molar-refractivity contribution in [2.75, 3.05) is 13.1 Å². The minimum absolute atomic E-state index is 0.00234. The van der Waals surface area contributed by atoms with Crippen LogP contribution < -0.4 is 11.1 Å². The minimum atomic E-state index is -0.398. The maximum atomic E-state index is 13.0. The predicted molar refractivity (Wildman–Crippen MR) is 70.8 cm³/mol. The molecule has 0 fully saturated rings. The molecule has 0 bridgehead atoms. The summed E-state index contributed by atoms with van der Waals surface area (Å²) in [6.07, 6.45) is 1.88. The molecule has 1 amide bonds. The molecule has 0 saturated carbocycles. The standard InChI is InChI=1S/C14H21FN2O/c1-14(2,7-4-8-16)10-17-13(18)11-5-3-6-12(15)9-11/h3,5-6,9H,4,7-8,10,16H2,1-2H3,(H,17,18). The maximum Gasteiger partial charge on any atom is 0.251 e. The molecule has 0 atom stereocenters. The summed E-state index contributed by atoms with van der Waals surface area (Å²) in [5, 5.41) is 2.83. The van der Waals surface area contributed by atoms with Gasteiger partial charge in [0, 0.05) is 12.1 Å². The topological polar surface area (TPSA) is 55.1 Å². The lowest BCUT2D eigenvalue weighted by Crippen LogP contribution is -2.34. The molecule has 4 heteroatoms. The first-order valence-electron chi connectivity index (χ1n) is 6.18. The molecule has 1 aromatic rings. The van der Waals surface area contributed by atoms with Crippen LogP contribution in [0.3, 0.4) is 0 Å². The Morgan fingerprint density at radius 3 is 2.78 bits per heavy atom. The van der Waals surface area contributed by atoms with Gasteiger partial charge in [0.05, 0.1) is 0 Å². The fourth-order valence-corrected chi connectivity index (χ4v) is 1.72. The first-order chi connectivity index (χ1) is 8.44. The SMILES string of the molecule is CC(C)(CCCN)CNC(=O)c1cccc(F)c1. The number of benzene rings is 1. The van der Waals surface area contributed by atoms with Crippen LogP contribution in [0.5, 0.6) is 0 Å². The Kier molecular flexibility index (Phi) is 5.28. The Morgan fingerprint density at radius 1 is 1.44 bits per heavy atom. The van der Waals surface area contributed by atoms with Gasteiger partial charge in [-0.1, -0.05) is 19.9 Å². The van der Waals surface area contributed by atoms with Crippen molar-refractivity contribution >= 4 is 5.91 Å². The molecule has 0 aliphatic rings. The minimum Gasteiger partial charge on any atom is -0.352 e. The van der Waals surface area contributed by atoms with Crippen molar-refractivity contribution in [1.29, 1.82) is 0 Å². The average Bonchev–Trinajstić information content (AvgIpc) is 2.34. The maximum absolute atomic E-state index is 13.0. The van der Waals surface area contributed by atoms with Crippen LogP contribution in [-0.4, -0.2) is 19.0 Å². The number of nitrogens with one attached hydrogen (secondary N) is 1. The van der Waals surface area contributed by atoms with E-state index in [1.54, 1.807) is 6.07 Å². The van der Waals surface area contributed by atoms with Crippen molar-refractivity contribution in [2.24, 2.45) is 11.1 Å². The van der Waals surface area contributed by atoms with Crippen LogP contribution in [0.4, 0.5) is 4.39 Å². The molecule has 18 heavy (non-hydrogen) atoms. The van der Waals surface area contributed by atoms with E-state index in [2.05, 4.69) is 19.2 Å². The Bertz CT molecular complexity index is 405. The van der Waals surface area contributed by atoms with Gasteiger partial charge >= 0.3 is 0 Å². The highest BCUT2D eigenvalue weighted by Crippen LogP contribution is 2.20. The van der Waals surface area contributed by atoms with Crippen LogP contribution in [0.15, 0.2) is 24.3 Å². The Balaban J connectivity index is 2.50. The number of carbonyl (C=O) groups is 1. The summed E-state index contributed by atoms with van der Waals surface area (Å²) >= 11 is 0. The third-order valence-electron chi connectivity index (χ3n) is 2.87. The van der Waals surface area contributed by atoms with Gasteiger partial charge in [-0.15, -0.1) is 0 Å². The van der Waals surface area contributed by atoms with Crippen molar-refractivity contribution in [1.82, 2.24) is 5.32 Å². The van der Waals surface area contributed by atoms with Crippen LogP contribution >= 0.6 is 0 Å². The van der Waals surface area contributed by atoms with E-state index in [-0.39, 0.29) is 11.3 Å². The largest absolute Gasteiger partial charge is 0.352 e. The third-order valence-corrected chi connectivity index (χ3v) is 2.87. The van der Waals surface area contributed by atoms with Gasteiger partial charge in [-0.25, -0.2) is 4.39 Å². The van der Waals surface area contributed by atoms with Gasteiger partial charge in [-0.2, -0.15) is 0 Å². The molecule has 1 aromatic carbocycles. The molecule has 0 unspecified atom stereocenters. The highest BCUT2D eigenvalue weighted by molar-refractivity contribution is 5.94. The summed E-state index contributed by atoms with van der Waals surface area (Å²) in [6, 6.07) is 5.69. The van der Waals surface area contributed by atoms with Crippen LogP contribution in [0.25, 0.3) is 0 Å². The van der Waals surface area contributed by atoms with Gasteiger partial charge in [0.1, 0.15) is 5.82 Å². The first-order valence-corrected chi connectivity index (χ1v) is 6.18. The van der Waals surface area contributed by atoms with Crippen molar-refractivity contribution < 1.29 is 9.18 Å². The summed E-state index contributed by atoms with van der Waals surface area (Å²) < 4.78 is 13.0. The second-order valence-electron chi connectivity index (χ2n) is 5.25. The van der Waals surface area contributed by atoms with Gasteiger partial charge in [-0.05, 0) is 43.0 Å². The molecule has 1 rings (SSSR count). The molecule has 0 aromatic heterocycles. The predicted octanol–water partition coefficient (Wildman–Crippen LogP) is 2.32. The molecular formula is C14H21FN2O. The Morgan fingerprint density at radius 2 is 2.17 bits per heavy atom. The molecule has 0 aliphatic carbocycles. The molecule has 0 saturated heterocycles. The summed E-state index contributed by atoms with van der Waals surface area (Å²) in [7, 11) is 0. The summed E-state index contributed by atoms with van der Waals surface area (Å²) in [5.74, 6) is -0.639. The van der Waals surface area contributed by atoms with Crippen LogP contribution in [0.2, 0.25) is 0 Å². The summed E-state index contributed by atoms with van der Waals surface area (Å²) in [6.45, 7) is 5.37. The molecule has 0 aliphatic heterocycles. The normalized spacial score (nSPS) is 11.3. The Hall–Kier alpha value is -1.42.